The maximum Gasteiger partial charge on any atom is 0.134 e. The zero-order valence-electron chi connectivity index (χ0n) is 7.31. The SMILES string of the molecule is CC(=O)Cc1cc(Br)ccc1CBr. The molecule has 0 aliphatic rings. The van der Waals surface area contributed by atoms with E-state index in [1.165, 1.54) is 5.56 Å². The molecule has 70 valence electrons. The molecular formula is C10H10Br2O. The number of rotatable bonds is 3. The van der Waals surface area contributed by atoms with Crippen LogP contribution in [-0.2, 0) is 16.5 Å². The summed E-state index contributed by atoms with van der Waals surface area (Å²) in [5.41, 5.74) is 2.28. The molecule has 0 heterocycles. The van der Waals surface area contributed by atoms with Crippen LogP contribution in [0.15, 0.2) is 22.7 Å². The van der Waals surface area contributed by atoms with E-state index >= 15 is 0 Å². The Bertz CT molecular complexity index is 321. The van der Waals surface area contributed by atoms with Crippen LogP contribution in [0.3, 0.4) is 0 Å². The molecule has 0 saturated carbocycles. The van der Waals surface area contributed by atoms with Gasteiger partial charge in [-0.3, -0.25) is 4.79 Å². The summed E-state index contributed by atoms with van der Waals surface area (Å²) in [5, 5.41) is 0.795. The molecule has 0 N–H and O–H groups in total. The van der Waals surface area contributed by atoms with Crippen molar-refractivity contribution in [2.75, 3.05) is 0 Å². The lowest BCUT2D eigenvalue weighted by Crippen LogP contribution is -1.99. The topological polar surface area (TPSA) is 17.1 Å². The van der Waals surface area contributed by atoms with Gasteiger partial charge in [-0.05, 0) is 30.2 Å². The van der Waals surface area contributed by atoms with Crippen molar-refractivity contribution in [3.8, 4) is 0 Å². The summed E-state index contributed by atoms with van der Waals surface area (Å²) in [6.45, 7) is 1.61. The third-order valence-corrected chi connectivity index (χ3v) is 2.85. The van der Waals surface area contributed by atoms with Crippen molar-refractivity contribution in [3.63, 3.8) is 0 Å². The van der Waals surface area contributed by atoms with Crippen molar-refractivity contribution >= 4 is 37.6 Å². The standard InChI is InChI=1S/C10H10Br2O/c1-7(13)4-9-5-10(12)3-2-8(9)6-11/h2-3,5H,4,6H2,1H3. The van der Waals surface area contributed by atoms with E-state index < -0.39 is 0 Å². The molecule has 0 fully saturated rings. The fraction of sp³-hybridized carbons (Fsp3) is 0.300. The highest BCUT2D eigenvalue weighted by Gasteiger charge is 2.04. The summed E-state index contributed by atoms with van der Waals surface area (Å²) in [5.74, 6) is 0.195. The average Bonchev–Trinajstić information content (AvgIpc) is 2.03. The Hall–Kier alpha value is -0.150. The lowest BCUT2D eigenvalue weighted by atomic mass is 10.0. The van der Waals surface area contributed by atoms with E-state index in [1.54, 1.807) is 6.92 Å². The summed E-state index contributed by atoms with van der Waals surface area (Å²) in [6, 6.07) is 6.01. The van der Waals surface area contributed by atoms with Gasteiger partial charge in [0.1, 0.15) is 5.78 Å². The number of halogens is 2. The van der Waals surface area contributed by atoms with E-state index in [0.29, 0.717) is 6.42 Å². The quantitative estimate of drug-likeness (QED) is 0.782. The van der Waals surface area contributed by atoms with E-state index in [2.05, 4.69) is 31.9 Å². The maximum atomic E-state index is 11.0. The molecule has 1 nitrogen and oxygen atoms in total. The van der Waals surface area contributed by atoms with Gasteiger partial charge in [0.25, 0.3) is 0 Å². The normalized spacial score (nSPS) is 10.1. The molecule has 0 aliphatic carbocycles. The van der Waals surface area contributed by atoms with Crippen LogP contribution in [0.4, 0.5) is 0 Å². The molecule has 0 amide bonds. The van der Waals surface area contributed by atoms with E-state index in [-0.39, 0.29) is 5.78 Å². The predicted octanol–water partition coefficient (Wildman–Crippen LogP) is 3.48. The highest BCUT2D eigenvalue weighted by Crippen LogP contribution is 2.19. The molecule has 0 radical (unpaired) electrons. The largest absolute Gasteiger partial charge is 0.300 e. The first-order chi connectivity index (χ1) is 6.13. The molecule has 1 aromatic carbocycles. The van der Waals surface area contributed by atoms with Gasteiger partial charge >= 0.3 is 0 Å². The van der Waals surface area contributed by atoms with Crippen molar-refractivity contribution in [2.24, 2.45) is 0 Å². The van der Waals surface area contributed by atoms with Crippen molar-refractivity contribution < 1.29 is 4.79 Å². The van der Waals surface area contributed by atoms with Crippen molar-refractivity contribution in [3.05, 3.63) is 33.8 Å². The van der Waals surface area contributed by atoms with Crippen LogP contribution in [0.1, 0.15) is 18.1 Å². The van der Waals surface area contributed by atoms with E-state index in [4.69, 9.17) is 0 Å². The van der Waals surface area contributed by atoms with Crippen molar-refractivity contribution in [2.45, 2.75) is 18.7 Å². The molecule has 0 atom stereocenters. The highest BCUT2D eigenvalue weighted by atomic mass is 79.9. The fourth-order valence-corrected chi connectivity index (χ4v) is 2.11. The molecule has 1 rings (SSSR count). The Morgan fingerprint density at radius 2 is 2.08 bits per heavy atom. The third-order valence-electron chi connectivity index (χ3n) is 1.75. The lowest BCUT2D eigenvalue weighted by molar-refractivity contribution is -0.116. The van der Waals surface area contributed by atoms with Gasteiger partial charge in [0.2, 0.25) is 0 Å². The zero-order chi connectivity index (χ0) is 9.84. The summed E-state index contributed by atoms with van der Waals surface area (Å²) in [4.78, 5) is 11.0. The van der Waals surface area contributed by atoms with Gasteiger partial charge in [-0.15, -0.1) is 0 Å². The van der Waals surface area contributed by atoms with Crippen molar-refractivity contribution in [1.29, 1.82) is 0 Å². The summed E-state index contributed by atoms with van der Waals surface area (Å²) >= 11 is 6.79. The minimum Gasteiger partial charge on any atom is -0.300 e. The number of hydrogen-bond acceptors (Lipinski definition) is 1. The van der Waals surface area contributed by atoms with E-state index in [9.17, 15) is 4.79 Å². The second-order valence-corrected chi connectivity index (χ2v) is 4.40. The number of hydrogen-bond donors (Lipinski definition) is 0. The zero-order valence-corrected chi connectivity index (χ0v) is 10.5. The lowest BCUT2D eigenvalue weighted by Gasteiger charge is -2.05. The minimum atomic E-state index is 0.195. The van der Waals surface area contributed by atoms with Gasteiger partial charge < -0.3 is 0 Å². The predicted molar refractivity (Wildman–Crippen MR) is 61.2 cm³/mol. The first kappa shape index (κ1) is 10.9. The van der Waals surface area contributed by atoms with Crippen molar-refractivity contribution in [1.82, 2.24) is 0 Å². The third kappa shape index (κ3) is 3.24. The Morgan fingerprint density at radius 1 is 1.38 bits per heavy atom. The number of Topliss-reactive ketones (excluding diaryl/α,β-unsaturated/α-hetero) is 1. The van der Waals surface area contributed by atoms with Gasteiger partial charge in [0.15, 0.2) is 0 Å². The van der Waals surface area contributed by atoms with Crippen LogP contribution in [0.25, 0.3) is 0 Å². The minimum absolute atomic E-state index is 0.195. The Kier molecular flexibility index (Phi) is 4.13. The maximum absolute atomic E-state index is 11.0. The van der Waals surface area contributed by atoms with Crippen LogP contribution >= 0.6 is 31.9 Å². The second kappa shape index (κ2) is 4.91. The fourth-order valence-electron chi connectivity index (χ4n) is 1.16. The first-order valence-electron chi connectivity index (χ1n) is 3.96. The van der Waals surface area contributed by atoms with E-state index in [1.807, 2.05) is 18.2 Å². The molecule has 0 bridgehead atoms. The summed E-state index contributed by atoms with van der Waals surface area (Å²) in [6.07, 6.45) is 0.514. The molecule has 0 spiro atoms. The molecule has 0 aromatic heterocycles. The highest BCUT2D eigenvalue weighted by molar-refractivity contribution is 9.10. The molecule has 13 heavy (non-hydrogen) atoms. The molecule has 3 heteroatoms. The molecular weight excluding hydrogens is 296 g/mol. The van der Waals surface area contributed by atoms with Crippen LogP contribution in [-0.4, -0.2) is 5.78 Å². The van der Waals surface area contributed by atoms with Gasteiger partial charge in [-0.2, -0.15) is 0 Å². The van der Waals surface area contributed by atoms with Gasteiger partial charge in [0, 0.05) is 16.2 Å². The smallest absolute Gasteiger partial charge is 0.134 e. The van der Waals surface area contributed by atoms with Gasteiger partial charge in [0.05, 0.1) is 0 Å². The van der Waals surface area contributed by atoms with E-state index in [0.717, 1.165) is 15.4 Å². The number of ketones is 1. The first-order valence-corrected chi connectivity index (χ1v) is 5.87. The van der Waals surface area contributed by atoms with Gasteiger partial charge in [-0.1, -0.05) is 37.9 Å². The Morgan fingerprint density at radius 3 is 2.62 bits per heavy atom. The summed E-state index contributed by atoms with van der Waals surface area (Å²) in [7, 11) is 0. The van der Waals surface area contributed by atoms with Crippen LogP contribution < -0.4 is 0 Å². The number of carbonyl (C=O) groups excluding carboxylic acids is 1. The van der Waals surface area contributed by atoms with Gasteiger partial charge in [-0.25, -0.2) is 0 Å². The molecule has 0 aliphatic heterocycles. The Balaban J connectivity index is 3.01. The molecule has 1 aromatic rings. The molecule has 0 unspecified atom stereocenters. The van der Waals surface area contributed by atoms with Crippen LogP contribution in [0.2, 0.25) is 0 Å². The monoisotopic (exact) mass is 304 g/mol. The van der Waals surface area contributed by atoms with Crippen LogP contribution in [0.5, 0.6) is 0 Å². The summed E-state index contributed by atoms with van der Waals surface area (Å²) < 4.78 is 1.02. The number of carbonyl (C=O) groups is 1. The average molecular weight is 306 g/mol. The van der Waals surface area contributed by atoms with Crippen LogP contribution in [0, 0.1) is 0 Å². The molecule has 0 saturated heterocycles. The number of benzene rings is 1. The second-order valence-electron chi connectivity index (χ2n) is 2.93. The number of alkyl halides is 1. The Labute approximate surface area is 94.8 Å².